The second-order valence-electron chi connectivity index (χ2n) is 4.33. The van der Waals surface area contributed by atoms with Crippen molar-refractivity contribution in [3.63, 3.8) is 0 Å². The predicted molar refractivity (Wildman–Crippen MR) is 71.7 cm³/mol. The average Bonchev–Trinajstić information content (AvgIpc) is 2.81. The monoisotopic (exact) mass is 312 g/mol. The number of imide groups is 1. The Hall–Kier alpha value is -2.79. The van der Waals surface area contributed by atoms with Gasteiger partial charge in [-0.15, -0.1) is 0 Å². The van der Waals surface area contributed by atoms with Crippen LogP contribution in [0.1, 0.15) is 12.8 Å². The first-order chi connectivity index (χ1) is 10.4. The van der Waals surface area contributed by atoms with E-state index in [9.17, 15) is 24.0 Å². The number of hydrogen-bond donors (Lipinski definition) is 5. The highest BCUT2D eigenvalue weighted by atomic mass is 16.2. The maximum atomic E-state index is 11.8. The van der Waals surface area contributed by atoms with Crippen molar-refractivity contribution in [1.29, 1.82) is 0 Å². The molecule has 0 aromatic heterocycles. The zero-order valence-corrected chi connectivity index (χ0v) is 11.5. The fraction of sp³-hybridized carbons (Fsp3) is 0.364. The van der Waals surface area contributed by atoms with Gasteiger partial charge in [-0.1, -0.05) is 0 Å². The predicted octanol–water partition coefficient (Wildman–Crippen LogP) is -3.84. The molecule has 11 nitrogen and oxygen atoms in total. The Morgan fingerprint density at radius 3 is 2.14 bits per heavy atom. The first kappa shape index (κ1) is 17.3. The lowest BCUT2D eigenvalue weighted by Crippen LogP contribution is -2.52. The number of carbonyl (C=O) groups excluding carboxylic acids is 5. The summed E-state index contributed by atoms with van der Waals surface area (Å²) >= 11 is 0. The van der Waals surface area contributed by atoms with Crippen molar-refractivity contribution in [2.24, 2.45) is 11.7 Å². The van der Waals surface area contributed by atoms with Gasteiger partial charge in [0.2, 0.25) is 11.8 Å². The molecule has 1 heterocycles. The van der Waals surface area contributed by atoms with E-state index in [4.69, 9.17) is 11.7 Å². The van der Waals surface area contributed by atoms with E-state index in [1.807, 2.05) is 10.9 Å². The molecule has 0 radical (unpaired) electrons. The number of rotatable bonds is 7. The van der Waals surface area contributed by atoms with Crippen LogP contribution in [0.15, 0.2) is 12.2 Å². The SMILES string of the molecule is NNC(=O)CCC(NC(=O)CN1C(=O)C=CC1=O)C(=O)NN. The molecule has 1 atom stereocenters. The number of amides is 5. The van der Waals surface area contributed by atoms with Crippen molar-refractivity contribution >= 4 is 29.5 Å². The van der Waals surface area contributed by atoms with E-state index in [0.29, 0.717) is 4.90 Å². The Balaban J connectivity index is 2.59. The molecule has 11 heteroatoms. The van der Waals surface area contributed by atoms with Gasteiger partial charge < -0.3 is 5.32 Å². The van der Waals surface area contributed by atoms with Crippen molar-refractivity contribution in [2.45, 2.75) is 18.9 Å². The zero-order valence-electron chi connectivity index (χ0n) is 11.5. The smallest absolute Gasteiger partial charge is 0.256 e. The lowest BCUT2D eigenvalue weighted by Gasteiger charge is -2.19. The number of nitrogens with zero attached hydrogens (tertiary/aromatic N) is 1. The van der Waals surface area contributed by atoms with Gasteiger partial charge in [-0.3, -0.25) is 39.7 Å². The molecule has 22 heavy (non-hydrogen) atoms. The fourth-order valence-corrected chi connectivity index (χ4v) is 1.69. The lowest BCUT2D eigenvalue weighted by atomic mass is 10.1. The minimum absolute atomic E-state index is 0.0576. The van der Waals surface area contributed by atoms with Crippen LogP contribution in [0.4, 0.5) is 0 Å². The number of nitrogens with two attached hydrogens (primary N) is 2. The van der Waals surface area contributed by atoms with Crippen LogP contribution < -0.4 is 27.9 Å². The van der Waals surface area contributed by atoms with Crippen LogP contribution in [-0.4, -0.2) is 47.0 Å². The Labute approximate surface area is 125 Å². The van der Waals surface area contributed by atoms with Crippen LogP contribution in [0, 0.1) is 0 Å². The molecule has 0 aliphatic carbocycles. The first-order valence-corrected chi connectivity index (χ1v) is 6.21. The van der Waals surface area contributed by atoms with Crippen molar-refractivity contribution in [1.82, 2.24) is 21.1 Å². The quantitative estimate of drug-likeness (QED) is 0.138. The van der Waals surface area contributed by atoms with Crippen LogP contribution in [0.25, 0.3) is 0 Å². The van der Waals surface area contributed by atoms with Gasteiger partial charge in [-0.25, -0.2) is 11.7 Å². The number of hydrazine groups is 2. The Kier molecular flexibility index (Phi) is 6.16. The summed E-state index contributed by atoms with van der Waals surface area (Å²) < 4.78 is 0. The third kappa shape index (κ3) is 4.64. The zero-order chi connectivity index (χ0) is 16.7. The van der Waals surface area contributed by atoms with E-state index in [1.54, 1.807) is 0 Å². The van der Waals surface area contributed by atoms with Crippen LogP contribution in [0.2, 0.25) is 0 Å². The summed E-state index contributed by atoms with van der Waals surface area (Å²) in [6.07, 6.45) is 1.88. The van der Waals surface area contributed by atoms with Crippen molar-refractivity contribution in [3.05, 3.63) is 12.2 Å². The highest BCUT2D eigenvalue weighted by molar-refractivity contribution is 6.14. The van der Waals surface area contributed by atoms with E-state index < -0.39 is 42.1 Å². The molecule has 1 aliphatic heterocycles. The molecule has 0 saturated heterocycles. The van der Waals surface area contributed by atoms with Gasteiger partial charge >= 0.3 is 0 Å². The minimum atomic E-state index is -1.10. The lowest BCUT2D eigenvalue weighted by molar-refractivity contribution is -0.141. The van der Waals surface area contributed by atoms with E-state index in [2.05, 4.69) is 5.32 Å². The van der Waals surface area contributed by atoms with Crippen molar-refractivity contribution < 1.29 is 24.0 Å². The van der Waals surface area contributed by atoms with Gasteiger partial charge in [0.25, 0.3) is 17.7 Å². The molecule has 1 aliphatic rings. The second kappa shape index (κ2) is 7.85. The second-order valence-corrected chi connectivity index (χ2v) is 4.33. The summed E-state index contributed by atoms with van der Waals surface area (Å²) in [5.74, 6) is 6.65. The van der Waals surface area contributed by atoms with Crippen molar-refractivity contribution in [2.75, 3.05) is 6.54 Å². The third-order valence-electron chi connectivity index (χ3n) is 2.82. The molecule has 0 saturated carbocycles. The highest BCUT2D eigenvalue weighted by Gasteiger charge is 2.28. The van der Waals surface area contributed by atoms with Gasteiger partial charge in [0.05, 0.1) is 0 Å². The fourth-order valence-electron chi connectivity index (χ4n) is 1.69. The molecule has 0 bridgehead atoms. The largest absolute Gasteiger partial charge is 0.343 e. The van der Waals surface area contributed by atoms with E-state index in [-0.39, 0.29) is 12.8 Å². The molecular weight excluding hydrogens is 296 g/mol. The summed E-state index contributed by atoms with van der Waals surface area (Å²) in [6.45, 7) is -0.540. The van der Waals surface area contributed by atoms with Gasteiger partial charge in [-0.05, 0) is 6.42 Å². The molecule has 120 valence electrons. The van der Waals surface area contributed by atoms with Gasteiger partial charge in [0.1, 0.15) is 12.6 Å². The van der Waals surface area contributed by atoms with Crippen LogP contribution in [-0.2, 0) is 24.0 Å². The minimum Gasteiger partial charge on any atom is -0.343 e. The van der Waals surface area contributed by atoms with E-state index in [1.165, 1.54) is 0 Å². The number of hydrogen-bond acceptors (Lipinski definition) is 7. The summed E-state index contributed by atoms with van der Waals surface area (Å²) in [4.78, 5) is 57.8. The van der Waals surface area contributed by atoms with E-state index >= 15 is 0 Å². The van der Waals surface area contributed by atoms with E-state index in [0.717, 1.165) is 12.2 Å². The number of nitrogens with one attached hydrogen (secondary N) is 3. The molecule has 1 unspecified atom stereocenters. The molecule has 0 fully saturated rings. The van der Waals surface area contributed by atoms with Crippen LogP contribution >= 0.6 is 0 Å². The first-order valence-electron chi connectivity index (χ1n) is 6.21. The molecule has 0 aromatic rings. The summed E-state index contributed by atoms with van der Waals surface area (Å²) in [6, 6.07) is -1.10. The summed E-state index contributed by atoms with van der Waals surface area (Å²) in [7, 11) is 0. The maximum Gasteiger partial charge on any atom is 0.256 e. The molecule has 0 aromatic carbocycles. The van der Waals surface area contributed by atoms with Crippen LogP contribution in [0.3, 0.4) is 0 Å². The Morgan fingerprint density at radius 1 is 1.05 bits per heavy atom. The highest BCUT2D eigenvalue weighted by Crippen LogP contribution is 2.03. The third-order valence-corrected chi connectivity index (χ3v) is 2.82. The standard InChI is InChI=1S/C11H16N6O5/c12-15-7(18)2-1-6(11(22)16-13)14-8(19)5-17-9(20)3-4-10(17)21/h3-4,6H,1-2,5,12-13H2,(H,14,19)(H,15,18)(H,16,22). The molecular formula is C11H16N6O5. The normalized spacial score (nSPS) is 14.7. The molecule has 0 spiro atoms. The average molecular weight is 312 g/mol. The molecule has 1 rings (SSSR count). The van der Waals surface area contributed by atoms with Crippen LogP contribution in [0.5, 0.6) is 0 Å². The Morgan fingerprint density at radius 2 is 1.64 bits per heavy atom. The topological polar surface area (TPSA) is 177 Å². The summed E-state index contributed by atoms with van der Waals surface area (Å²) in [5.41, 5.74) is 3.73. The van der Waals surface area contributed by atoms with Gasteiger partial charge in [-0.2, -0.15) is 0 Å². The van der Waals surface area contributed by atoms with Gasteiger partial charge in [0, 0.05) is 18.6 Å². The van der Waals surface area contributed by atoms with Crippen molar-refractivity contribution in [3.8, 4) is 0 Å². The van der Waals surface area contributed by atoms with Gasteiger partial charge in [0.15, 0.2) is 0 Å². The number of carbonyl (C=O) groups is 5. The summed E-state index contributed by atoms with van der Waals surface area (Å²) in [5, 5.41) is 2.29. The Bertz CT molecular complexity index is 513. The maximum absolute atomic E-state index is 11.8. The molecule has 5 amide bonds. The molecule has 7 N–H and O–H groups in total.